The summed E-state index contributed by atoms with van der Waals surface area (Å²) in [4.78, 5) is 14.8. The number of aryl methyl sites for hydroxylation is 1. The summed E-state index contributed by atoms with van der Waals surface area (Å²) in [6.07, 6.45) is 9.72. The van der Waals surface area contributed by atoms with E-state index < -0.39 is 0 Å². The minimum absolute atomic E-state index is 0.294. The van der Waals surface area contributed by atoms with Crippen LogP contribution in [0.5, 0.6) is 0 Å². The Labute approximate surface area is 206 Å². The number of aromatic nitrogens is 2. The van der Waals surface area contributed by atoms with Gasteiger partial charge in [-0.25, -0.2) is 9.37 Å². The van der Waals surface area contributed by atoms with E-state index in [0.717, 1.165) is 94.1 Å². The van der Waals surface area contributed by atoms with E-state index >= 15 is 0 Å². The number of hydrogen-bond donors (Lipinski definition) is 2. The first-order valence-corrected chi connectivity index (χ1v) is 13.2. The van der Waals surface area contributed by atoms with Gasteiger partial charge in [0.05, 0.1) is 11.4 Å². The second-order valence-corrected chi connectivity index (χ2v) is 10.4. The number of likely N-dealkylation sites (tertiary alicyclic amines) is 1. The number of anilines is 3. The fraction of sp³-hybridized carbons (Fsp3) is 0.615. The molecule has 2 aromatic rings. The number of hydrogen-bond acceptors (Lipinski definition) is 6. The Hall–Kier alpha value is -1.96. The van der Waals surface area contributed by atoms with Gasteiger partial charge in [0.2, 0.25) is 5.95 Å². The first-order chi connectivity index (χ1) is 16.6. The van der Waals surface area contributed by atoms with E-state index in [-0.39, 0.29) is 5.82 Å². The number of rotatable bonds is 5. The first kappa shape index (κ1) is 23.8. The second-order valence-electron chi connectivity index (χ2n) is 10.0. The molecule has 2 fully saturated rings. The lowest BCUT2D eigenvalue weighted by atomic mass is 9.94. The number of nitrogens with one attached hydrogen (secondary N) is 1. The molecule has 5 rings (SSSR count). The van der Waals surface area contributed by atoms with Crippen LogP contribution in [0.15, 0.2) is 18.2 Å². The van der Waals surface area contributed by atoms with E-state index in [9.17, 15) is 9.50 Å². The Balaban J connectivity index is 1.35. The summed E-state index contributed by atoms with van der Waals surface area (Å²) in [5, 5.41) is 13.2. The van der Waals surface area contributed by atoms with Crippen LogP contribution in [-0.2, 0) is 12.8 Å². The van der Waals surface area contributed by atoms with E-state index in [4.69, 9.17) is 21.6 Å². The molecule has 8 heteroatoms. The highest BCUT2D eigenvalue weighted by molar-refractivity contribution is 6.30. The van der Waals surface area contributed by atoms with Crippen LogP contribution in [0, 0.1) is 11.7 Å². The molecule has 34 heavy (non-hydrogen) atoms. The molecule has 184 valence electrons. The highest BCUT2D eigenvalue weighted by Crippen LogP contribution is 2.32. The quantitative estimate of drug-likeness (QED) is 0.581. The van der Waals surface area contributed by atoms with Gasteiger partial charge in [-0.3, -0.25) is 4.90 Å². The zero-order valence-electron chi connectivity index (χ0n) is 19.8. The van der Waals surface area contributed by atoms with Crippen molar-refractivity contribution in [1.29, 1.82) is 0 Å². The topological polar surface area (TPSA) is 64.5 Å². The molecule has 3 heterocycles. The Bertz CT molecular complexity index is 997. The van der Waals surface area contributed by atoms with Crippen LogP contribution in [0.3, 0.4) is 0 Å². The molecule has 1 unspecified atom stereocenters. The van der Waals surface area contributed by atoms with Crippen LogP contribution >= 0.6 is 11.6 Å². The van der Waals surface area contributed by atoms with Crippen molar-refractivity contribution in [2.24, 2.45) is 5.92 Å². The summed E-state index contributed by atoms with van der Waals surface area (Å²) < 4.78 is 14.6. The highest BCUT2D eigenvalue weighted by Gasteiger charge is 2.30. The van der Waals surface area contributed by atoms with Gasteiger partial charge in [0, 0.05) is 42.9 Å². The summed E-state index contributed by atoms with van der Waals surface area (Å²) in [5.74, 6) is 1.52. The van der Waals surface area contributed by atoms with Crippen LogP contribution in [0.2, 0.25) is 5.02 Å². The Kier molecular flexibility index (Phi) is 7.52. The molecule has 6 nitrogen and oxygen atoms in total. The summed E-state index contributed by atoms with van der Waals surface area (Å²) in [5.41, 5.74) is 2.61. The van der Waals surface area contributed by atoms with E-state index in [1.54, 1.807) is 12.1 Å². The third-order valence-corrected chi connectivity index (χ3v) is 7.91. The molecule has 0 radical (unpaired) electrons. The molecule has 0 bridgehead atoms. The Morgan fingerprint density at radius 2 is 1.85 bits per heavy atom. The molecule has 0 spiro atoms. The lowest BCUT2D eigenvalue weighted by molar-refractivity contribution is 0.0776. The number of piperidine rings is 2. The minimum Gasteiger partial charge on any atom is -0.396 e. The SMILES string of the molecule is OCC1CCCN(C2CCN(c3nc4c(c(Nc5ccc(Cl)cc5F)n3)CCCCC4)CC2)C1. The minimum atomic E-state index is -0.376. The van der Waals surface area contributed by atoms with Crippen LogP contribution in [0.4, 0.5) is 21.8 Å². The number of nitrogens with zero attached hydrogens (tertiary/aromatic N) is 4. The van der Waals surface area contributed by atoms with Crippen molar-refractivity contribution in [3.63, 3.8) is 0 Å². The van der Waals surface area contributed by atoms with Gasteiger partial charge in [-0.05, 0) is 82.0 Å². The van der Waals surface area contributed by atoms with Gasteiger partial charge in [-0.15, -0.1) is 0 Å². The van der Waals surface area contributed by atoms with Crippen LogP contribution < -0.4 is 10.2 Å². The fourth-order valence-electron chi connectivity index (χ4n) is 5.73. The third kappa shape index (κ3) is 5.31. The molecule has 2 aliphatic heterocycles. The maximum absolute atomic E-state index is 14.6. The lowest BCUT2D eigenvalue weighted by Crippen LogP contribution is -2.49. The molecule has 1 aromatic carbocycles. The second kappa shape index (κ2) is 10.8. The Morgan fingerprint density at radius 1 is 1.03 bits per heavy atom. The van der Waals surface area contributed by atoms with Gasteiger partial charge in [0.15, 0.2) is 0 Å². The average Bonchev–Trinajstić information content (AvgIpc) is 3.11. The third-order valence-electron chi connectivity index (χ3n) is 7.68. The van der Waals surface area contributed by atoms with E-state index in [1.165, 1.54) is 18.9 Å². The van der Waals surface area contributed by atoms with Gasteiger partial charge in [0.25, 0.3) is 0 Å². The van der Waals surface area contributed by atoms with Crippen molar-refractivity contribution in [3.05, 3.63) is 40.3 Å². The van der Waals surface area contributed by atoms with Gasteiger partial charge < -0.3 is 15.3 Å². The zero-order chi connectivity index (χ0) is 23.5. The zero-order valence-corrected chi connectivity index (χ0v) is 20.5. The van der Waals surface area contributed by atoms with Crippen LogP contribution in [0.1, 0.15) is 56.2 Å². The van der Waals surface area contributed by atoms with Crippen molar-refractivity contribution < 1.29 is 9.50 Å². The summed E-state index contributed by atoms with van der Waals surface area (Å²) in [6.45, 7) is 4.27. The molecule has 1 aliphatic carbocycles. The maximum Gasteiger partial charge on any atom is 0.227 e. The normalized spacial score (nSPS) is 22.3. The lowest BCUT2D eigenvalue weighted by Gasteiger charge is -2.42. The number of aliphatic hydroxyl groups excluding tert-OH is 1. The monoisotopic (exact) mass is 487 g/mol. The predicted molar refractivity (Wildman–Crippen MR) is 135 cm³/mol. The molecule has 2 saturated heterocycles. The number of aliphatic hydroxyl groups is 1. The smallest absolute Gasteiger partial charge is 0.227 e. The van der Waals surface area contributed by atoms with Gasteiger partial charge in [-0.2, -0.15) is 4.98 Å². The molecule has 1 aromatic heterocycles. The van der Waals surface area contributed by atoms with Gasteiger partial charge >= 0.3 is 0 Å². The summed E-state index contributed by atoms with van der Waals surface area (Å²) >= 11 is 5.95. The van der Waals surface area contributed by atoms with Crippen LogP contribution in [0.25, 0.3) is 0 Å². The summed E-state index contributed by atoms with van der Waals surface area (Å²) in [6, 6.07) is 5.26. The average molecular weight is 488 g/mol. The van der Waals surface area contributed by atoms with E-state index in [2.05, 4.69) is 15.1 Å². The number of fused-ring (bicyclic) bond motifs is 1. The van der Waals surface area contributed by atoms with Crippen molar-refractivity contribution in [2.45, 2.75) is 63.8 Å². The molecule has 0 amide bonds. The fourth-order valence-corrected chi connectivity index (χ4v) is 5.89. The number of halogens is 2. The first-order valence-electron chi connectivity index (χ1n) is 12.8. The van der Waals surface area contributed by atoms with Gasteiger partial charge in [0.1, 0.15) is 11.6 Å². The number of benzene rings is 1. The Morgan fingerprint density at radius 3 is 2.65 bits per heavy atom. The molecule has 2 N–H and O–H groups in total. The molecule has 0 saturated carbocycles. The maximum atomic E-state index is 14.6. The van der Waals surface area contributed by atoms with Crippen molar-refractivity contribution in [2.75, 3.05) is 43.0 Å². The standard InChI is InChI=1S/C26H35ClFN5O/c27-19-8-9-24(22(28)15-19)29-25-21-6-2-1-3-7-23(21)30-26(31-25)32-13-10-20(11-14-32)33-12-4-5-18(16-33)17-34/h8-9,15,18,20,34H,1-7,10-14,16-17H2,(H,29,30,31). The summed E-state index contributed by atoms with van der Waals surface area (Å²) in [7, 11) is 0. The van der Waals surface area contributed by atoms with Crippen molar-refractivity contribution in [3.8, 4) is 0 Å². The molecular weight excluding hydrogens is 453 g/mol. The van der Waals surface area contributed by atoms with Crippen molar-refractivity contribution in [1.82, 2.24) is 14.9 Å². The van der Waals surface area contributed by atoms with E-state index in [0.29, 0.717) is 29.3 Å². The van der Waals surface area contributed by atoms with Crippen LogP contribution in [-0.4, -0.2) is 58.8 Å². The van der Waals surface area contributed by atoms with Crippen molar-refractivity contribution >= 4 is 29.1 Å². The molecule has 3 aliphatic rings. The van der Waals surface area contributed by atoms with E-state index in [1.807, 2.05) is 0 Å². The largest absolute Gasteiger partial charge is 0.396 e. The van der Waals surface area contributed by atoms with Gasteiger partial charge in [-0.1, -0.05) is 18.0 Å². The molecule has 1 atom stereocenters. The highest BCUT2D eigenvalue weighted by atomic mass is 35.5. The predicted octanol–water partition coefficient (Wildman–Crippen LogP) is 4.95. The molecular formula is C26H35ClFN5O.